The summed E-state index contributed by atoms with van der Waals surface area (Å²) in [6.45, 7) is 23.3. The highest BCUT2D eigenvalue weighted by molar-refractivity contribution is 5.67. The van der Waals surface area contributed by atoms with E-state index in [1.165, 1.54) is 71.6 Å². The lowest BCUT2D eigenvalue weighted by Gasteiger charge is -2.75. The zero-order valence-electron chi connectivity index (χ0n) is 26.2. The predicted molar refractivity (Wildman–Crippen MR) is 151 cm³/mol. The Morgan fingerprint density at radius 3 is 1.87 bits per heavy atom. The minimum Gasteiger partial charge on any atom is -0.459 e. The summed E-state index contributed by atoms with van der Waals surface area (Å²) in [5.74, 6) is 1.54. The highest BCUT2D eigenvalue weighted by atomic mass is 16.6. The SMILES string of the molecule is CC(=O)OC1CC2C(C)(CCC3C2(C)CCC2(C)C4CC(C)(C)CCC4(C)CCC32C)C(C)C1OC(C)=O. The molecule has 216 valence electrons. The van der Waals surface area contributed by atoms with Crippen LogP contribution in [-0.2, 0) is 19.1 Å². The van der Waals surface area contributed by atoms with E-state index in [0.29, 0.717) is 33.5 Å². The summed E-state index contributed by atoms with van der Waals surface area (Å²) in [7, 11) is 0. The number of rotatable bonds is 2. The maximum absolute atomic E-state index is 12.2. The average Bonchev–Trinajstić information content (AvgIpc) is 2.80. The highest BCUT2D eigenvalue weighted by Crippen LogP contribution is 2.78. The number of fused-ring (bicyclic) bond motifs is 7. The number of carbonyl (C=O) groups excluding carboxylic acids is 2. The Labute approximate surface area is 232 Å². The Morgan fingerprint density at radius 2 is 1.24 bits per heavy atom. The summed E-state index contributed by atoms with van der Waals surface area (Å²) in [5.41, 5.74) is 1.89. The maximum Gasteiger partial charge on any atom is 0.303 e. The second-order valence-electron chi connectivity index (χ2n) is 16.8. The van der Waals surface area contributed by atoms with Gasteiger partial charge in [0.2, 0.25) is 0 Å². The van der Waals surface area contributed by atoms with Crippen molar-refractivity contribution in [2.75, 3.05) is 0 Å². The van der Waals surface area contributed by atoms with Gasteiger partial charge in [-0.05, 0) is 114 Å². The molecule has 4 nitrogen and oxygen atoms in total. The lowest BCUT2D eigenvalue weighted by Crippen LogP contribution is -2.69. The van der Waals surface area contributed by atoms with Crippen molar-refractivity contribution in [1.29, 1.82) is 0 Å². The van der Waals surface area contributed by atoms with Gasteiger partial charge in [0, 0.05) is 19.8 Å². The van der Waals surface area contributed by atoms with Crippen LogP contribution < -0.4 is 0 Å². The predicted octanol–water partition coefficient (Wildman–Crippen LogP) is 8.36. The molecule has 0 radical (unpaired) electrons. The van der Waals surface area contributed by atoms with Crippen LogP contribution in [0.5, 0.6) is 0 Å². The first kappa shape index (κ1) is 28.5. The van der Waals surface area contributed by atoms with Gasteiger partial charge in [-0.1, -0.05) is 55.4 Å². The molecule has 0 amide bonds. The van der Waals surface area contributed by atoms with Crippen molar-refractivity contribution in [3.63, 3.8) is 0 Å². The molecular formula is C34H56O4. The molecule has 0 aromatic rings. The maximum atomic E-state index is 12.2. The third-order valence-corrected chi connectivity index (χ3v) is 14.6. The molecule has 5 fully saturated rings. The number of carbonyl (C=O) groups is 2. The normalized spacial score (nSPS) is 53.4. The Bertz CT molecular complexity index is 987. The molecule has 0 N–H and O–H groups in total. The summed E-state index contributed by atoms with van der Waals surface area (Å²) in [5, 5.41) is 0. The van der Waals surface area contributed by atoms with E-state index in [9.17, 15) is 9.59 Å². The minimum atomic E-state index is -0.359. The quantitative estimate of drug-likeness (QED) is 0.338. The molecule has 0 heterocycles. The van der Waals surface area contributed by atoms with Crippen LogP contribution in [0.1, 0.15) is 133 Å². The fraction of sp³-hybridized carbons (Fsp3) is 0.941. The minimum absolute atomic E-state index is 0.0716. The smallest absolute Gasteiger partial charge is 0.303 e. The average molecular weight is 529 g/mol. The molecule has 11 atom stereocenters. The van der Waals surface area contributed by atoms with Gasteiger partial charge in [0.15, 0.2) is 0 Å². The first-order chi connectivity index (χ1) is 17.4. The van der Waals surface area contributed by atoms with Gasteiger partial charge in [-0.2, -0.15) is 0 Å². The fourth-order valence-corrected chi connectivity index (χ4v) is 12.0. The van der Waals surface area contributed by atoms with Gasteiger partial charge in [0.05, 0.1) is 0 Å². The highest BCUT2D eigenvalue weighted by Gasteiger charge is 2.71. The lowest BCUT2D eigenvalue weighted by molar-refractivity contribution is -0.273. The van der Waals surface area contributed by atoms with Crippen LogP contribution in [-0.4, -0.2) is 24.1 Å². The Kier molecular flexibility index (Phi) is 6.53. The third-order valence-electron chi connectivity index (χ3n) is 14.6. The molecule has 5 aliphatic carbocycles. The van der Waals surface area contributed by atoms with Crippen LogP contribution in [0.4, 0.5) is 0 Å². The van der Waals surface area contributed by atoms with Gasteiger partial charge in [-0.25, -0.2) is 0 Å². The molecule has 5 rings (SSSR count). The van der Waals surface area contributed by atoms with Crippen molar-refractivity contribution in [2.45, 2.75) is 146 Å². The van der Waals surface area contributed by atoms with Crippen molar-refractivity contribution >= 4 is 11.9 Å². The monoisotopic (exact) mass is 528 g/mol. The summed E-state index contributed by atoms with van der Waals surface area (Å²) in [4.78, 5) is 24.3. The number of hydrogen-bond acceptors (Lipinski definition) is 4. The van der Waals surface area contributed by atoms with Crippen LogP contribution in [0.3, 0.4) is 0 Å². The topological polar surface area (TPSA) is 52.6 Å². The molecule has 0 spiro atoms. The van der Waals surface area contributed by atoms with Gasteiger partial charge in [0.25, 0.3) is 0 Å². The van der Waals surface area contributed by atoms with Crippen molar-refractivity contribution in [1.82, 2.24) is 0 Å². The Hall–Kier alpha value is -1.06. The van der Waals surface area contributed by atoms with Gasteiger partial charge < -0.3 is 9.47 Å². The first-order valence-corrected chi connectivity index (χ1v) is 15.8. The van der Waals surface area contributed by atoms with Crippen LogP contribution in [0.25, 0.3) is 0 Å². The van der Waals surface area contributed by atoms with Crippen molar-refractivity contribution in [3.05, 3.63) is 0 Å². The van der Waals surface area contributed by atoms with Crippen LogP contribution >= 0.6 is 0 Å². The second-order valence-corrected chi connectivity index (χ2v) is 16.8. The largest absolute Gasteiger partial charge is 0.459 e. The van der Waals surface area contributed by atoms with Crippen molar-refractivity contribution in [2.24, 2.45) is 56.2 Å². The standard InChI is InChI=1S/C34H56O4/c1-21-28(38-23(3)36)24(37-22(2)35)19-26-31(21,7)12-11-25-32(26,8)16-18-34(10)27-20-29(4,5)13-14-30(27,6)15-17-33(25,34)9/h21,24-28H,11-20H2,1-10H3. The van der Waals surface area contributed by atoms with E-state index in [2.05, 4.69) is 55.4 Å². The van der Waals surface area contributed by atoms with E-state index in [1.54, 1.807) is 0 Å². The van der Waals surface area contributed by atoms with Gasteiger partial charge >= 0.3 is 11.9 Å². The van der Waals surface area contributed by atoms with Crippen LogP contribution in [0.15, 0.2) is 0 Å². The summed E-state index contributed by atoms with van der Waals surface area (Å²) < 4.78 is 11.8. The molecule has 0 aromatic carbocycles. The fourth-order valence-electron chi connectivity index (χ4n) is 12.0. The van der Waals surface area contributed by atoms with E-state index in [1.807, 2.05) is 0 Å². The zero-order chi connectivity index (χ0) is 28.1. The van der Waals surface area contributed by atoms with Crippen molar-refractivity contribution in [3.8, 4) is 0 Å². The van der Waals surface area contributed by atoms with Gasteiger partial charge in [-0.3, -0.25) is 9.59 Å². The number of hydrogen-bond donors (Lipinski definition) is 0. The van der Waals surface area contributed by atoms with Gasteiger partial charge in [-0.15, -0.1) is 0 Å². The summed E-state index contributed by atoms with van der Waals surface area (Å²) >= 11 is 0. The summed E-state index contributed by atoms with van der Waals surface area (Å²) in [6.07, 6.45) is 11.9. The molecule has 5 saturated carbocycles. The molecule has 0 aromatic heterocycles. The summed E-state index contributed by atoms with van der Waals surface area (Å²) in [6, 6.07) is 0. The van der Waals surface area contributed by atoms with E-state index < -0.39 is 0 Å². The molecule has 4 heteroatoms. The molecular weight excluding hydrogens is 472 g/mol. The van der Waals surface area contributed by atoms with Crippen LogP contribution in [0.2, 0.25) is 0 Å². The van der Waals surface area contributed by atoms with E-state index in [4.69, 9.17) is 9.47 Å². The third kappa shape index (κ3) is 3.87. The van der Waals surface area contributed by atoms with Gasteiger partial charge in [0.1, 0.15) is 12.2 Å². The zero-order valence-corrected chi connectivity index (χ0v) is 26.2. The first-order valence-electron chi connectivity index (χ1n) is 15.8. The van der Waals surface area contributed by atoms with Crippen molar-refractivity contribution < 1.29 is 19.1 Å². The van der Waals surface area contributed by atoms with E-state index in [-0.39, 0.29) is 40.9 Å². The number of esters is 2. The number of ether oxygens (including phenoxy) is 2. The van der Waals surface area contributed by atoms with E-state index >= 15 is 0 Å². The molecule has 0 bridgehead atoms. The Morgan fingerprint density at radius 1 is 0.658 bits per heavy atom. The second kappa shape index (κ2) is 8.72. The van der Waals surface area contributed by atoms with E-state index in [0.717, 1.165) is 12.3 Å². The molecule has 5 aliphatic rings. The lowest BCUT2D eigenvalue weighted by atomic mass is 9.30. The van der Waals surface area contributed by atoms with Crippen LogP contribution in [0, 0.1) is 56.2 Å². The molecule has 38 heavy (non-hydrogen) atoms. The molecule has 11 unspecified atom stereocenters. The molecule has 0 saturated heterocycles. The molecule has 0 aliphatic heterocycles. The Balaban J connectivity index is 1.52.